The Morgan fingerprint density at radius 3 is 2.43 bits per heavy atom. The molecule has 0 saturated heterocycles. The van der Waals surface area contributed by atoms with Crippen molar-refractivity contribution in [1.82, 2.24) is 20.2 Å². The predicted molar refractivity (Wildman–Crippen MR) is 78.5 cm³/mol. The highest BCUT2D eigenvalue weighted by Gasteiger charge is 2.06. The van der Waals surface area contributed by atoms with Crippen LogP contribution in [0.5, 0.6) is 0 Å². The van der Waals surface area contributed by atoms with Crippen LogP contribution < -0.4 is 0 Å². The summed E-state index contributed by atoms with van der Waals surface area (Å²) in [5.74, 6) is 0.556. The Labute approximate surface area is 126 Å². The zero-order chi connectivity index (χ0) is 14.7. The van der Waals surface area contributed by atoms with Crippen LogP contribution in [0, 0.1) is 11.3 Å². The summed E-state index contributed by atoms with van der Waals surface area (Å²) < 4.78 is 0. The van der Waals surface area contributed by atoms with Crippen molar-refractivity contribution < 1.29 is 0 Å². The first kappa shape index (κ1) is 13.3. The minimum Gasteiger partial charge on any atom is -0.192 e. The Morgan fingerprint density at radius 2 is 1.76 bits per heavy atom. The van der Waals surface area contributed by atoms with Crippen LogP contribution in [0.4, 0.5) is 0 Å². The van der Waals surface area contributed by atoms with E-state index < -0.39 is 0 Å². The maximum Gasteiger partial charge on any atom is 0.204 e. The second-order valence-electron chi connectivity index (χ2n) is 4.46. The Bertz CT molecular complexity index is 784. The van der Waals surface area contributed by atoms with E-state index in [2.05, 4.69) is 21.5 Å². The van der Waals surface area contributed by atoms with Crippen molar-refractivity contribution in [3.8, 4) is 17.5 Å². The minimum atomic E-state index is 0.506. The van der Waals surface area contributed by atoms with Crippen molar-refractivity contribution in [2.45, 2.75) is 6.54 Å². The fourth-order valence-corrected chi connectivity index (χ4v) is 2.00. The molecule has 0 amide bonds. The predicted octanol–water partition coefficient (Wildman–Crippen LogP) is 2.91. The van der Waals surface area contributed by atoms with Crippen LogP contribution in [-0.4, -0.2) is 20.2 Å². The molecule has 1 aromatic heterocycles. The fourth-order valence-electron chi connectivity index (χ4n) is 1.87. The molecule has 21 heavy (non-hydrogen) atoms. The lowest BCUT2D eigenvalue weighted by atomic mass is 10.1. The van der Waals surface area contributed by atoms with E-state index in [4.69, 9.17) is 16.9 Å². The Balaban J connectivity index is 1.78. The number of hydrogen-bond donors (Lipinski definition) is 0. The number of aromatic nitrogens is 4. The molecule has 0 N–H and O–H groups in total. The molecular formula is C15H10ClN5. The van der Waals surface area contributed by atoms with Crippen LogP contribution in [0.1, 0.15) is 11.1 Å². The minimum absolute atomic E-state index is 0.506. The van der Waals surface area contributed by atoms with Gasteiger partial charge in [-0.25, -0.2) is 0 Å². The van der Waals surface area contributed by atoms with Crippen LogP contribution in [0.25, 0.3) is 11.4 Å². The molecule has 0 unspecified atom stereocenters. The Hall–Kier alpha value is -2.71. The van der Waals surface area contributed by atoms with Gasteiger partial charge in [-0.3, -0.25) is 0 Å². The Kier molecular flexibility index (Phi) is 3.63. The molecule has 2 aromatic carbocycles. The molecule has 0 aliphatic heterocycles. The van der Waals surface area contributed by atoms with Crippen molar-refractivity contribution in [3.05, 3.63) is 64.7 Å². The monoisotopic (exact) mass is 295 g/mol. The van der Waals surface area contributed by atoms with Gasteiger partial charge < -0.3 is 0 Å². The van der Waals surface area contributed by atoms with E-state index in [0.717, 1.165) is 11.1 Å². The van der Waals surface area contributed by atoms with Crippen molar-refractivity contribution in [1.29, 1.82) is 5.26 Å². The normalized spacial score (nSPS) is 10.3. The standard InChI is InChI=1S/C15H10ClN5/c16-14-7-5-13(6-8-14)15-18-20-21(19-15)10-12-3-1-11(9-17)2-4-12/h1-8H,10H2. The van der Waals surface area contributed by atoms with Gasteiger partial charge >= 0.3 is 0 Å². The quantitative estimate of drug-likeness (QED) is 0.745. The first-order valence-electron chi connectivity index (χ1n) is 6.27. The van der Waals surface area contributed by atoms with E-state index in [9.17, 15) is 0 Å². The van der Waals surface area contributed by atoms with Gasteiger partial charge in [0, 0.05) is 10.6 Å². The summed E-state index contributed by atoms with van der Waals surface area (Å²) in [4.78, 5) is 1.52. The molecular weight excluding hydrogens is 286 g/mol. The molecule has 1 heterocycles. The van der Waals surface area contributed by atoms with E-state index >= 15 is 0 Å². The molecule has 0 fully saturated rings. The van der Waals surface area contributed by atoms with Crippen molar-refractivity contribution in [3.63, 3.8) is 0 Å². The highest BCUT2D eigenvalue weighted by Crippen LogP contribution is 2.17. The maximum atomic E-state index is 8.77. The molecule has 6 heteroatoms. The van der Waals surface area contributed by atoms with Gasteiger partial charge in [0.25, 0.3) is 0 Å². The first-order valence-corrected chi connectivity index (χ1v) is 6.65. The topological polar surface area (TPSA) is 67.4 Å². The molecule has 0 aliphatic carbocycles. The van der Waals surface area contributed by atoms with E-state index in [-0.39, 0.29) is 0 Å². The van der Waals surface area contributed by atoms with Crippen molar-refractivity contribution in [2.75, 3.05) is 0 Å². The molecule has 0 atom stereocenters. The van der Waals surface area contributed by atoms with E-state index in [1.807, 2.05) is 24.3 Å². The average molecular weight is 296 g/mol. The van der Waals surface area contributed by atoms with Gasteiger partial charge in [0.15, 0.2) is 0 Å². The van der Waals surface area contributed by atoms with Crippen LogP contribution in [0.2, 0.25) is 5.02 Å². The highest BCUT2D eigenvalue weighted by atomic mass is 35.5. The molecule has 0 radical (unpaired) electrons. The van der Waals surface area contributed by atoms with Crippen molar-refractivity contribution in [2.24, 2.45) is 0 Å². The molecule has 102 valence electrons. The van der Waals surface area contributed by atoms with Gasteiger partial charge in [-0.15, -0.1) is 10.2 Å². The van der Waals surface area contributed by atoms with E-state index in [0.29, 0.717) is 23.0 Å². The second-order valence-corrected chi connectivity index (χ2v) is 4.90. The van der Waals surface area contributed by atoms with E-state index in [1.54, 1.807) is 24.3 Å². The summed E-state index contributed by atoms with van der Waals surface area (Å²) in [6.45, 7) is 0.506. The SMILES string of the molecule is N#Cc1ccc(Cn2nnc(-c3ccc(Cl)cc3)n2)cc1. The van der Waals surface area contributed by atoms with Crippen LogP contribution in [-0.2, 0) is 6.54 Å². The summed E-state index contributed by atoms with van der Waals surface area (Å²) in [6, 6.07) is 16.7. The maximum absolute atomic E-state index is 8.77. The summed E-state index contributed by atoms with van der Waals surface area (Å²) in [6.07, 6.45) is 0. The number of halogens is 1. The highest BCUT2D eigenvalue weighted by molar-refractivity contribution is 6.30. The Morgan fingerprint density at radius 1 is 1.05 bits per heavy atom. The molecule has 3 rings (SSSR count). The molecule has 0 bridgehead atoms. The number of tetrazole rings is 1. The third-order valence-electron chi connectivity index (χ3n) is 2.96. The number of benzene rings is 2. The van der Waals surface area contributed by atoms with Crippen molar-refractivity contribution >= 4 is 11.6 Å². The van der Waals surface area contributed by atoms with E-state index in [1.165, 1.54) is 4.80 Å². The summed E-state index contributed by atoms with van der Waals surface area (Å²) in [7, 11) is 0. The van der Waals surface area contributed by atoms with Crippen LogP contribution >= 0.6 is 11.6 Å². The first-order chi connectivity index (χ1) is 10.2. The van der Waals surface area contributed by atoms with Gasteiger partial charge in [0.1, 0.15) is 0 Å². The second kappa shape index (κ2) is 5.73. The molecule has 3 aromatic rings. The van der Waals surface area contributed by atoms with Crippen LogP contribution in [0.3, 0.4) is 0 Å². The number of hydrogen-bond acceptors (Lipinski definition) is 4. The zero-order valence-electron chi connectivity index (χ0n) is 10.9. The average Bonchev–Trinajstić information content (AvgIpc) is 2.97. The zero-order valence-corrected chi connectivity index (χ0v) is 11.7. The number of rotatable bonds is 3. The van der Waals surface area contributed by atoms with Gasteiger partial charge in [-0.05, 0) is 47.2 Å². The molecule has 0 spiro atoms. The molecule has 5 nitrogen and oxygen atoms in total. The lowest BCUT2D eigenvalue weighted by Crippen LogP contribution is -2.03. The van der Waals surface area contributed by atoms with Gasteiger partial charge in [0.05, 0.1) is 18.2 Å². The van der Waals surface area contributed by atoms with Gasteiger partial charge in [-0.2, -0.15) is 10.1 Å². The smallest absolute Gasteiger partial charge is 0.192 e. The number of nitriles is 1. The van der Waals surface area contributed by atoms with Gasteiger partial charge in [0.2, 0.25) is 5.82 Å². The lowest BCUT2D eigenvalue weighted by molar-refractivity contribution is 0.573. The van der Waals surface area contributed by atoms with Crippen LogP contribution in [0.15, 0.2) is 48.5 Å². The summed E-state index contributed by atoms with van der Waals surface area (Å²) in [5.41, 5.74) is 2.51. The molecule has 0 aliphatic rings. The van der Waals surface area contributed by atoms with Gasteiger partial charge in [-0.1, -0.05) is 23.7 Å². The summed E-state index contributed by atoms with van der Waals surface area (Å²) in [5, 5.41) is 21.8. The lowest BCUT2D eigenvalue weighted by Gasteiger charge is -1.99. The third kappa shape index (κ3) is 3.07. The largest absolute Gasteiger partial charge is 0.204 e. The third-order valence-corrected chi connectivity index (χ3v) is 3.21. The fraction of sp³-hybridized carbons (Fsp3) is 0.0667. The molecule has 0 saturated carbocycles. The summed E-state index contributed by atoms with van der Waals surface area (Å²) >= 11 is 5.85. The number of nitrogens with zero attached hydrogens (tertiary/aromatic N) is 5.